The number of amides is 1. The number of carboxylic acid groups (broad SMARTS) is 1. The molecule has 4 rings (SSSR count). The molecule has 3 aliphatic heterocycles. The number of carbonyl (C=O) groups is 2. The summed E-state index contributed by atoms with van der Waals surface area (Å²) in [5.74, 6) is -1.27. The number of benzene rings is 1. The van der Waals surface area contributed by atoms with Gasteiger partial charge in [-0.05, 0) is 42.9 Å². The summed E-state index contributed by atoms with van der Waals surface area (Å²) in [7, 11) is -3.30. The first-order chi connectivity index (χ1) is 17.7. The van der Waals surface area contributed by atoms with E-state index in [9.17, 15) is 23.1 Å². The Labute approximate surface area is 219 Å². The fourth-order valence-electron chi connectivity index (χ4n) is 5.76. The third-order valence-corrected chi connectivity index (χ3v) is 9.50. The van der Waals surface area contributed by atoms with Crippen molar-refractivity contribution in [2.45, 2.75) is 57.9 Å². The molecular weight excluding hydrogens is 498 g/mol. The maximum Gasteiger partial charge on any atom is 0.308 e. The first kappa shape index (κ1) is 27.8. The van der Waals surface area contributed by atoms with Crippen LogP contribution in [-0.2, 0) is 30.9 Å². The molecule has 0 aromatic heterocycles. The van der Waals surface area contributed by atoms with Gasteiger partial charge in [-0.15, -0.1) is 0 Å². The highest BCUT2D eigenvalue weighted by Crippen LogP contribution is 2.41. The molecule has 1 N–H and O–H groups in total. The molecule has 1 amide bonds. The van der Waals surface area contributed by atoms with Crippen LogP contribution in [0.2, 0.25) is 0 Å². The van der Waals surface area contributed by atoms with Crippen LogP contribution >= 0.6 is 0 Å². The maximum absolute atomic E-state index is 13.3. The Morgan fingerprint density at radius 1 is 1.24 bits per heavy atom. The second-order valence-electron chi connectivity index (χ2n) is 10.1. The standard InChI is InChI=1S/C26H39N3O7S/c1-3-10-29(36-13-4-2)24(30)18-27-17-21(19-6-7-23-20(16-19)9-14-35-23)25(26(31)32)22(27)8-12-28-11-5-15-37(28,33)34/h6-7,16,21-22,25H,3-5,8-15,17-18H2,1-2H3,(H,31,32)/t21-,22+,25?/m1/s1. The largest absolute Gasteiger partial charge is 0.493 e. The molecule has 3 atom stereocenters. The van der Waals surface area contributed by atoms with E-state index in [1.54, 1.807) is 0 Å². The van der Waals surface area contributed by atoms with E-state index < -0.39 is 28.0 Å². The molecule has 1 aromatic rings. The number of fused-ring (bicyclic) bond motifs is 1. The number of hydrogen-bond acceptors (Lipinski definition) is 7. The Hall–Kier alpha value is -2.21. The second kappa shape index (κ2) is 12.1. The fraction of sp³-hybridized carbons (Fsp3) is 0.692. The number of ether oxygens (including phenoxy) is 1. The molecule has 206 valence electrons. The number of hydrogen-bond donors (Lipinski definition) is 1. The number of nitrogens with zero attached hydrogens (tertiary/aromatic N) is 3. The topological polar surface area (TPSA) is 117 Å². The van der Waals surface area contributed by atoms with Gasteiger partial charge >= 0.3 is 5.97 Å². The number of sulfonamides is 1. The third kappa shape index (κ3) is 6.27. The van der Waals surface area contributed by atoms with E-state index in [0.717, 1.165) is 36.1 Å². The van der Waals surface area contributed by atoms with E-state index in [1.807, 2.05) is 36.9 Å². The number of hydroxylamine groups is 2. The van der Waals surface area contributed by atoms with Crippen molar-refractivity contribution >= 4 is 21.9 Å². The number of aliphatic carboxylic acids is 1. The normalized spacial score (nSPS) is 25.2. The average molecular weight is 538 g/mol. The predicted molar refractivity (Wildman–Crippen MR) is 138 cm³/mol. The van der Waals surface area contributed by atoms with Crippen molar-refractivity contribution < 1.29 is 32.7 Å². The number of likely N-dealkylation sites (tertiary alicyclic amines) is 1. The van der Waals surface area contributed by atoms with E-state index in [0.29, 0.717) is 45.7 Å². The lowest BCUT2D eigenvalue weighted by Crippen LogP contribution is -2.45. The second-order valence-corrected chi connectivity index (χ2v) is 12.2. The highest BCUT2D eigenvalue weighted by Gasteiger charge is 2.47. The molecule has 11 heteroatoms. The van der Waals surface area contributed by atoms with Crippen LogP contribution < -0.4 is 4.74 Å². The molecular formula is C26H39N3O7S. The Morgan fingerprint density at radius 3 is 2.73 bits per heavy atom. The summed E-state index contributed by atoms with van der Waals surface area (Å²) >= 11 is 0. The van der Waals surface area contributed by atoms with Gasteiger partial charge in [0.25, 0.3) is 5.91 Å². The van der Waals surface area contributed by atoms with Gasteiger partial charge < -0.3 is 9.84 Å². The van der Waals surface area contributed by atoms with E-state index >= 15 is 0 Å². The van der Waals surface area contributed by atoms with E-state index in [1.165, 1.54) is 9.37 Å². The molecule has 3 heterocycles. The summed E-state index contributed by atoms with van der Waals surface area (Å²) in [4.78, 5) is 33.5. The lowest BCUT2D eigenvalue weighted by molar-refractivity contribution is -0.188. The lowest BCUT2D eigenvalue weighted by Gasteiger charge is -2.30. The van der Waals surface area contributed by atoms with Gasteiger partial charge in [-0.2, -0.15) is 0 Å². The summed E-state index contributed by atoms with van der Waals surface area (Å²) < 4.78 is 31.9. The lowest BCUT2D eigenvalue weighted by atomic mass is 9.83. The van der Waals surface area contributed by atoms with Crippen molar-refractivity contribution in [3.05, 3.63) is 29.3 Å². The summed E-state index contributed by atoms with van der Waals surface area (Å²) in [6.07, 6.45) is 3.22. The zero-order valence-corrected chi connectivity index (χ0v) is 22.6. The van der Waals surface area contributed by atoms with Crippen molar-refractivity contribution in [2.24, 2.45) is 5.92 Å². The monoisotopic (exact) mass is 537 g/mol. The molecule has 0 spiro atoms. The van der Waals surface area contributed by atoms with Gasteiger partial charge in [-0.25, -0.2) is 17.8 Å². The smallest absolute Gasteiger partial charge is 0.308 e. The van der Waals surface area contributed by atoms with Gasteiger partial charge in [0.1, 0.15) is 5.75 Å². The molecule has 37 heavy (non-hydrogen) atoms. The van der Waals surface area contributed by atoms with Crippen LogP contribution in [-0.4, -0.2) is 97.4 Å². The number of rotatable bonds is 12. The van der Waals surface area contributed by atoms with Gasteiger partial charge in [0, 0.05) is 44.6 Å². The van der Waals surface area contributed by atoms with Crippen LogP contribution in [0, 0.1) is 5.92 Å². The Bertz CT molecular complexity index is 1080. The van der Waals surface area contributed by atoms with E-state index in [4.69, 9.17) is 9.57 Å². The number of carbonyl (C=O) groups excluding carboxylic acids is 1. The van der Waals surface area contributed by atoms with Crippen molar-refractivity contribution in [3.63, 3.8) is 0 Å². The average Bonchev–Trinajstić information content (AvgIpc) is 3.56. The van der Waals surface area contributed by atoms with Crippen LogP contribution in [0.5, 0.6) is 5.75 Å². The van der Waals surface area contributed by atoms with Gasteiger partial charge in [0.2, 0.25) is 10.0 Å². The van der Waals surface area contributed by atoms with E-state index in [-0.39, 0.29) is 30.7 Å². The molecule has 10 nitrogen and oxygen atoms in total. The molecule has 0 aliphatic carbocycles. The molecule has 0 saturated carbocycles. The minimum atomic E-state index is -3.30. The van der Waals surface area contributed by atoms with Crippen molar-refractivity contribution in [3.8, 4) is 5.75 Å². The molecule has 0 bridgehead atoms. The molecule has 0 radical (unpaired) electrons. The first-order valence-corrected chi connectivity index (χ1v) is 15.0. The van der Waals surface area contributed by atoms with Crippen LogP contribution in [0.25, 0.3) is 0 Å². The van der Waals surface area contributed by atoms with Crippen LogP contribution in [0.15, 0.2) is 18.2 Å². The highest BCUT2D eigenvalue weighted by atomic mass is 32.2. The van der Waals surface area contributed by atoms with Gasteiger partial charge in [0.05, 0.1) is 31.4 Å². The first-order valence-electron chi connectivity index (χ1n) is 13.4. The number of carboxylic acids is 1. The Morgan fingerprint density at radius 2 is 2.05 bits per heavy atom. The highest BCUT2D eigenvalue weighted by molar-refractivity contribution is 7.89. The van der Waals surface area contributed by atoms with Gasteiger partial charge in [-0.3, -0.25) is 19.3 Å². The molecule has 2 saturated heterocycles. The van der Waals surface area contributed by atoms with Gasteiger partial charge in [0.15, 0.2) is 0 Å². The molecule has 1 unspecified atom stereocenters. The van der Waals surface area contributed by atoms with Crippen LogP contribution in [0.1, 0.15) is 56.6 Å². The maximum atomic E-state index is 13.3. The molecule has 3 aliphatic rings. The Kier molecular flexibility index (Phi) is 9.10. The minimum absolute atomic E-state index is 0.0233. The summed E-state index contributed by atoms with van der Waals surface area (Å²) in [6, 6.07) is 5.37. The third-order valence-electron chi connectivity index (χ3n) is 7.55. The van der Waals surface area contributed by atoms with Crippen LogP contribution in [0.3, 0.4) is 0 Å². The zero-order chi connectivity index (χ0) is 26.6. The summed E-state index contributed by atoms with van der Waals surface area (Å²) in [6.45, 7) is 6.57. The fourth-order valence-corrected chi connectivity index (χ4v) is 7.31. The van der Waals surface area contributed by atoms with Gasteiger partial charge in [-0.1, -0.05) is 26.0 Å². The van der Waals surface area contributed by atoms with Crippen molar-refractivity contribution in [1.82, 2.24) is 14.3 Å². The minimum Gasteiger partial charge on any atom is -0.493 e. The summed E-state index contributed by atoms with van der Waals surface area (Å²) in [5.41, 5.74) is 1.98. The predicted octanol–water partition coefficient (Wildman–Crippen LogP) is 2.10. The van der Waals surface area contributed by atoms with Crippen molar-refractivity contribution in [1.29, 1.82) is 0 Å². The SMILES string of the molecule is CCCON(CCC)C(=O)CN1C[C@H](c2ccc3c(c2)CCO3)C(C(=O)O)[C@@H]1CCN1CCCS1(=O)=O. The van der Waals surface area contributed by atoms with E-state index in [2.05, 4.69) is 0 Å². The Balaban J connectivity index is 1.59. The quantitative estimate of drug-likeness (QED) is 0.403. The molecule has 1 aromatic carbocycles. The molecule has 2 fully saturated rings. The zero-order valence-electron chi connectivity index (χ0n) is 21.8. The summed E-state index contributed by atoms with van der Waals surface area (Å²) in [5, 5.41) is 11.8. The van der Waals surface area contributed by atoms with Crippen molar-refractivity contribution in [2.75, 3.05) is 51.7 Å². The van der Waals surface area contributed by atoms with Crippen LogP contribution in [0.4, 0.5) is 0 Å².